The van der Waals surface area contributed by atoms with E-state index in [1.807, 2.05) is 32.0 Å². The molecule has 2 atom stereocenters. The third kappa shape index (κ3) is 4.99. The molecule has 0 saturated carbocycles. The number of fused-ring (bicyclic) bond motifs is 1. The molecule has 0 bridgehead atoms. The Balaban J connectivity index is 1.51. The number of sulfonamides is 1. The number of hydrogen-bond donors (Lipinski definition) is 1. The number of methoxy groups -OCH3 is 1. The number of benzene rings is 2. The van der Waals surface area contributed by atoms with Crippen molar-refractivity contribution in [2.75, 3.05) is 20.2 Å². The van der Waals surface area contributed by atoms with Gasteiger partial charge in [0.2, 0.25) is 15.9 Å². The summed E-state index contributed by atoms with van der Waals surface area (Å²) in [5, 5.41) is 3.13. The fourth-order valence-corrected chi connectivity index (χ4v) is 6.03. The Kier molecular flexibility index (Phi) is 6.37. The first-order valence-corrected chi connectivity index (χ1v) is 12.5. The van der Waals surface area contributed by atoms with E-state index in [0.717, 1.165) is 17.7 Å². The van der Waals surface area contributed by atoms with Gasteiger partial charge in [-0.15, -0.1) is 0 Å². The van der Waals surface area contributed by atoms with Crippen LogP contribution in [0.25, 0.3) is 0 Å². The summed E-state index contributed by atoms with van der Waals surface area (Å²) in [5.74, 6) is 0.202. The fraction of sp³-hybridized carbons (Fsp3) is 0.458. The number of nitrogens with one attached hydrogen (secondary N) is 1. The number of rotatable bonds is 5. The zero-order valence-corrected chi connectivity index (χ0v) is 19.8. The summed E-state index contributed by atoms with van der Waals surface area (Å²) in [6, 6.07) is 9.99. The van der Waals surface area contributed by atoms with Crippen LogP contribution in [0.2, 0.25) is 0 Å². The van der Waals surface area contributed by atoms with Crippen LogP contribution in [0.5, 0.6) is 11.5 Å². The Labute approximate surface area is 193 Å². The third-order valence-corrected chi connectivity index (χ3v) is 8.08. The van der Waals surface area contributed by atoms with Gasteiger partial charge in [-0.25, -0.2) is 12.8 Å². The minimum atomic E-state index is -3.80. The summed E-state index contributed by atoms with van der Waals surface area (Å²) in [6.07, 6.45) is 1.74. The maximum Gasteiger partial charge on any atom is 0.243 e. The van der Waals surface area contributed by atoms with Crippen LogP contribution in [-0.2, 0) is 14.8 Å². The largest absolute Gasteiger partial charge is 0.497 e. The first-order valence-electron chi connectivity index (χ1n) is 11.0. The minimum absolute atomic E-state index is 0.0251. The Hall–Kier alpha value is -2.65. The van der Waals surface area contributed by atoms with Gasteiger partial charge in [0.25, 0.3) is 0 Å². The number of ether oxygens (including phenoxy) is 2. The predicted molar refractivity (Wildman–Crippen MR) is 121 cm³/mol. The highest BCUT2D eigenvalue weighted by molar-refractivity contribution is 7.89. The van der Waals surface area contributed by atoms with E-state index in [-0.39, 0.29) is 23.4 Å². The lowest BCUT2D eigenvalue weighted by molar-refractivity contribution is -0.127. The number of carbonyl (C=O) groups excluding carboxylic acids is 1. The van der Waals surface area contributed by atoms with Crippen molar-refractivity contribution in [2.45, 2.75) is 49.6 Å². The second-order valence-electron chi connectivity index (χ2n) is 9.19. The van der Waals surface area contributed by atoms with Crippen LogP contribution in [0, 0.1) is 11.7 Å². The van der Waals surface area contributed by atoms with E-state index in [1.54, 1.807) is 7.11 Å². The SMILES string of the molecule is COc1ccc2c(c1)[C@H](NC(=O)[C@H]1CCCN(S(=O)(=O)c3ccc(F)cc3)C1)CC(C)(C)O2. The first-order chi connectivity index (χ1) is 15.6. The van der Waals surface area contributed by atoms with Crippen LogP contribution in [0.15, 0.2) is 47.4 Å². The molecule has 2 aromatic rings. The van der Waals surface area contributed by atoms with E-state index in [2.05, 4.69) is 5.32 Å². The quantitative estimate of drug-likeness (QED) is 0.712. The monoisotopic (exact) mass is 476 g/mol. The van der Waals surface area contributed by atoms with Gasteiger partial charge in [-0.05, 0) is 69.2 Å². The smallest absolute Gasteiger partial charge is 0.243 e. The first kappa shape index (κ1) is 23.5. The summed E-state index contributed by atoms with van der Waals surface area (Å²) in [4.78, 5) is 13.3. The third-order valence-electron chi connectivity index (χ3n) is 6.20. The lowest BCUT2D eigenvalue weighted by Crippen LogP contribution is -2.48. The second kappa shape index (κ2) is 8.95. The zero-order chi connectivity index (χ0) is 23.8. The average molecular weight is 477 g/mol. The molecule has 0 spiro atoms. The molecule has 33 heavy (non-hydrogen) atoms. The van der Waals surface area contributed by atoms with Crippen molar-refractivity contribution in [1.82, 2.24) is 9.62 Å². The van der Waals surface area contributed by atoms with Crippen LogP contribution in [-0.4, -0.2) is 44.4 Å². The number of carbonyl (C=O) groups is 1. The number of halogens is 1. The highest BCUT2D eigenvalue weighted by atomic mass is 32.2. The predicted octanol–water partition coefficient (Wildman–Crippen LogP) is 3.65. The van der Waals surface area contributed by atoms with Crippen molar-refractivity contribution in [3.05, 3.63) is 53.8 Å². The number of hydrogen-bond acceptors (Lipinski definition) is 5. The molecule has 2 heterocycles. The molecule has 1 N–H and O–H groups in total. The molecule has 4 rings (SSSR count). The van der Waals surface area contributed by atoms with Crippen molar-refractivity contribution in [3.8, 4) is 11.5 Å². The minimum Gasteiger partial charge on any atom is -0.497 e. The van der Waals surface area contributed by atoms with E-state index in [1.165, 1.54) is 16.4 Å². The van der Waals surface area contributed by atoms with Crippen molar-refractivity contribution in [1.29, 1.82) is 0 Å². The number of nitrogens with zero attached hydrogens (tertiary/aromatic N) is 1. The van der Waals surface area contributed by atoms with E-state index in [0.29, 0.717) is 37.3 Å². The molecule has 9 heteroatoms. The van der Waals surface area contributed by atoms with Gasteiger partial charge in [0, 0.05) is 25.1 Å². The maximum absolute atomic E-state index is 13.2. The summed E-state index contributed by atoms with van der Waals surface area (Å²) in [7, 11) is -2.22. The van der Waals surface area contributed by atoms with E-state index >= 15 is 0 Å². The Bertz CT molecular complexity index is 1130. The van der Waals surface area contributed by atoms with Crippen LogP contribution in [0.1, 0.15) is 44.7 Å². The Morgan fingerprint density at radius 1 is 1.21 bits per heavy atom. The molecule has 0 aromatic heterocycles. The second-order valence-corrected chi connectivity index (χ2v) is 11.1. The fourth-order valence-electron chi connectivity index (χ4n) is 4.51. The summed E-state index contributed by atoms with van der Waals surface area (Å²) >= 11 is 0. The Morgan fingerprint density at radius 2 is 1.94 bits per heavy atom. The average Bonchev–Trinajstić information content (AvgIpc) is 2.78. The molecule has 1 saturated heterocycles. The molecule has 2 aliphatic rings. The van der Waals surface area contributed by atoms with Gasteiger partial charge in [0.15, 0.2) is 0 Å². The normalized spacial score (nSPS) is 22.7. The van der Waals surface area contributed by atoms with Crippen molar-refractivity contribution in [2.24, 2.45) is 5.92 Å². The van der Waals surface area contributed by atoms with Crippen molar-refractivity contribution >= 4 is 15.9 Å². The van der Waals surface area contributed by atoms with Gasteiger partial charge < -0.3 is 14.8 Å². The van der Waals surface area contributed by atoms with Crippen LogP contribution in [0.3, 0.4) is 0 Å². The van der Waals surface area contributed by atoms with Gasteiger partial charge in [-0.3, -0.25) is 4.79 Å². The van der Waals surface area contributed by atoms with E-state index < -0.39 is 27.4 Å². The topological polar surface area (TPSA) is 84.9 Å². The van der Waals surface area contributed by atoms with Gasteiger partial charge in [0.1, 0.15) is 22.9 Å². The molecule has 2 aliphatic heterocycles. The molecule has 0 aliphatic carbocycles. The van der Waals surface area contributed by atoms with Gasteiger partial charge in [-0.2, -0.15) is 4.31 Å². The van der Waals surface area contributed by atoms with Crippen LogP contribution < -0.4 is 14.8 Å². The molecule has 178 valence electrons. The van der Waals surface area contributed by atoms with Crippen molar-refractivity contribution in [3.63, 3.8) is 0 Å². The standard InChI is InChI=1S/C24H29FN2O5S/c1-24(2)14-21(20-13-18(31-3)8-11-22(20)32-24)26-23(28)16-5-4-12-27(15-16)33(29,30)19-9-6-17(25)7-10-19/h6-11,13,16,21H,4-5,12,14-15H2,1-3H3,(H,26,28)/t16-,21+/m0/s1. The lowest BCUT2D eigenvalue weighted by atomic mass is 9.88. The molecule has 0 radical (unpaired) electrons. The van der Waals surface area contributed by atoms with E-state index in [4.69, 9.17) is 9.47 Å². The summed E-state index contributed by atoms with van der Waals surface area (Å²) in [6.45, 7) is 4.35. The molecule has 1 fully saturated rings. The number of amides is 1. The zero-order valence-electron chi connectivity index (χ0n) is 19.0. The Morgan fingerprint density at radius 3 is 2.64 bits per heavy atom. The van der Waals surface area contributed by atoms with Crippen LogP contribution in [0.4, 0.5) is 4.39 Å². The van der Waals surface area contributed by atoms with Crippen LogP contribution >= 0.6 is 0 Å². The maximum atomic E-state index is 13.2. The molecular formula is C24H29FN2O5S. The lowest BCUT2D eigenvalue weighted by Gasteiger charge is -2.39. The summed E-state index contributed by atoms with van der Waals surface area (Å²) < 4.78 is 52.0. The molecule has 0 unspecified atom stereocenters. The van der Waals surface area contributed by atoms with Crippen molar-refractivity contribution < 1.29 is 27.1 Å². The molecular weight excluding hydrogens is 447 g/mol. The molecule has 2 aromatic carbocycles. The van der Waals surface area contributed by atoms with Gasteiger partial charge in [0.05, 0.1) is 24.0 Å². The molecule has 1 amide bonds. The summed E-state index contributed by atoms with van der Waals surface area (Å²) in [5.41, 5.74) is 0.373. The van der Waals surface area contributed by atoms with E-state index in [9.17, 15) is 17.6 Å². The van der Waals surface area contributed by atoms with Gasteiger partial charge in [-0.1, -0.05) is 0 Å². The van der Waals surface area contributed by atoms with Gasteiger partial charge >= 0.3 is 0 Å². The number of piperidine rings is 1. The highest BCUT2D eigenvalue weighted by Gasteiger charge is 2.38. The molecule has 7 nitrogen and oxygen atoms in total. The highest BCUT2D eigenvalue weighted by Crippen LogP contribution is 2.41.